The lowest BCUT2D eigenvalue weighted by atomic mass is 9.72. The number of imide groups is 2. The molecule has 5 N–H and O–H groups in total. The van der Waals surface area contributed by atoms with Crippen LogP contribution in [0.4, 0.5) is 11.4 Å². The number of hydrogen-bond acceptors (Lipinski definition) is 8. The van der Waals surface area contributed by atoms with Gasteiger partial charge in [-0.3, -0.25) is 28.9 Å². The molecule has 13 nitrogen and oxygen atoms in total. The van der Waals surface area contributed by atoms with E-state index in [1.54, 1.807) is 0 Å². The number of carbonyl (C=O) groups is 7. The number of aliphatic carboxylic acids is 2. The molecule has 0 bridgehead atoms. The molecule has 0 saturated heterocycles. The Morgan fingerprint density at radius 1 is 0.846 bits per heavy atom. The van der Waals surface area contributed by atoms with Gasteiger partial charge < -0.3 is 21.1 Å². The van der Waals surface area contributed by atoms with Crippen LogP contribution in [-0.2, 0) is 19.2 Å². The Balaban J connectivity index is 1.63. The van der Waals surface area contributed by atoms with Crippen LogP contribution in [0, 0.1) is 0 Å². The summed E-state index contributed by atoms with van der Waals surface area (Å²) in [6.07, 6.45) is 1.59. The van der Waals surface area contributed by atoms with Gasteiger partial charge in [0.25, 0.3) is 11.8 Å². The molecule has 39 heavy (non-hydrogen) atoms. The summed E-state index contributed by atoms with van der Waals surface area (Å²) in [5.74, 6) is -10.00. The highest BCUT2D eigenvalue weighted by Crippen LogP contribution is 2.47. The Morgan fingerprint density at radius 3 is 2.00 bits per heavy atom. The van der Waals surface area contributed by atoms with Crippen molar-refractivity contribution in [3.8, 4) is 0 Å². The fourth-order valence-corrected chi connectivity index (χ4v) is 5.26. The molecule has 2 heterocycles. The van der Waals surface area contributed by atoms with Crippen molar-refractivity contribution in [2.45, 2.75) is 30.7 Å². The molecule has 4 amide bonds. The van der Waals surface area contributed by atoms with E-state index < -0.39 is 72.3 Å². The third-order valence-corrected chi connectivity index (χ3v) is 7.02. The predicted molar refractivity (Wildman–Crippen MR) is 130 cm³/mol. The third kappa shape index (κ3) is 3.74. The van der Waals surface area contributed by atoms with E-state index >= 15 is 0 Å². The third-order valence-electron chi connectivity index (χ3n) is 7.02. The summed E-state index contributed by atoms with van der Waals surface area (Å²) in [5, 5.41) is 28.0. The second-order valence-corrected chi connectivity index (χ2v) is 9.19. The Bertz CT molecular complexity index is 1580. The van der Waals surface area contributed by atoms with Crippen LogP contribution < -0.4 is 10.6 Å². The second-order valence-electron chi connectivity index (χ2n) is 9.19. The number of carboxylic acid groups (broad SMARTS) is 3. The van der Waals surface area contributed by atoms with E-state index in [9.17, 15) is 43.8 Å². The molecule has 2 aromatic carbocycles. The van der Waals surface area contributed by atoms with E-state index in [-0.39, 0.29) is 39.2 Å². The molecule has 2 aromatic rings. The molecule has 198 valence electrons. The maximum absolute atomic E-state index is 13.6. The van der Waals surface area contributed by atoms with Crippen LogP contribution in [-0.4, -0.2) is 67.8 Å². The number of aromatic carboxylic acids is 1. The SMILES string of the molecule is Nc1ccc(C(=O)O)cc1N1C(=O)c2ccc3c4c2C(C=CC4C(=O)N(C(CCC(=O)O)C(=O)O)C3=O)C1=O. The molecule has 0 saturated carbocycles. The van der Waals surface area contributed by atoms with Crippen LogP contribution in [0.25, 0.3) is 0 Å². The molecule has 3 unspecified atom stereocenters. The minimum Gasteiger partial charge on any atom is -0.481 e. The van der Waals surface area contributed by atoms with Gasteiger partial charge >= 0.3 is 17.9 Å². The van der Waals surface area contributed by atoms with Gasteiger partial charge in [-0.25, -0.2) is 14.5 Å². The Morgan fingerprint density at radius 2 is 1.44 bits per heavy atom. The molecule has 5 rings (SSSR count). The van der Waals surface area contributed by atoms with E-state index in [1.807, 2.05) is 0 Å². The number of nitrogens with zero attached hydrogens (tertiary/aromatic N) is 2. The first-order valence-corrected chi connectivity index (χ1v) is 11.6. The lowest BCUT2D eigenvalue weighted by molar-refractivity contribution is -0.149. The number of rotatable bonds is 7. The van der Waals surface area contributed by atoms with Gasteiger partial charge in [0.1, 0.15) is 6.04 Å². The molecule has 0 spiro atoms. The fourth-order valence-electron chi connectivity index (χ4n) is 5.26. The van der Waals surface area contributed by atoms with Crippen LogP contribution in [0.5, 0.6) is 0 Å². The minimum absolute atomic E-state index is 0.0115. The van der Waals surface area contributed by atoms with Gasteiger partial charge in [-0.15, -0.1) is 0 Å². The van der Waals surface area contributed by atoms with Gasteiger partial charge in [-0.2, -0.15) is 0 Å². The van der Waals surface area contributed by atoms with Gasteiger partial charge in [0.05, 0.1) is 28.8 Å². The van der Waals surface area contributed by atoms with E-state index in [4.69, 9.17) is 10.8 Å². The van der Waals surface area contributed by atoms with Crippen LogP contribution in [0.3, 0.4) is 0 Å². The first-order chi connectivity index (χ1) is 18.4. The molecule has 3 atom stereocenters. The highest BCUT2D eigenvalue weighted by Gasteiger charge is 2.50. The van der Waals surface area contributed by atoms with Crippen molar-refractivity contribution in [2.75, 3.05) is 10.6 Å². The molecule has 3 aliphatic rings. The van der Waals surface area contributed by atoms with Crippen LogP contribution in [0.2, 0.25) is 0 Å². The minimum atomic E-state index is -1.74. The average molecular weight is 533 g/mol. The average Bonchev–Trinajstić information content (AvgIpc) is 2.88. The normalized spacial score (nSPS) is 20.1. The van der Waals surface area contributed by atoms with Gasteiger partial charge in [-0.1, -0.05) is 12.2 Å². The molecule has 1 aliphatic carbocycles. The van der Waals surface area contributed by atoms with Crippen molar-refractivity contribution in [3.05, 3.63) is 70.3 Å². The number of nitrogen functional groups attached to an aromatic ring is 1. The monoisotopic (exact) mass is 533 g/mol. The number of benzene rings is 2. The maximum Gasteiger partial charge on any atom is 0.335 e. The molecular formula is C26H19N3O10. The molecular weight excluding hydrogens is 514 g/mol. The Labute approximate surface area is 218 Å². The van der Waals surface area contributed by atoms with E-state index in [2.05, 4.69) is 0 Å². The fraction of sp³-hybridized carbons (Fsp3) is 0.192. The van der Waals surface area contributed by atoms with Crippen LogP contribution in [0.15, 0.2) is 42.5 Å². The summed E-state index contributed by atoms with van der Waals surface area (Å²) < 4.78 is 0. The standard InChI is InChI=1S/C26H19N3O10/c27-15-6-1-10(25(36)37)9-17(15)29-23(34)13-4-2-11-19-12(3-5-14(20(13)19)24(29)35)22(33)28(21(11)32)16(26(38)39)7-8-18(30)31/h1-6,9,11,13,16H,7-8,27H2,(H,30,31)(H,36,37)(H,38,39). The number of hydrogen-bond donors (Lipinski definition) is 4. The number of carbonyl (C=O) groups excluding carboxylic acids is 4. The van der Waals surface area contributed by atoms with Crippen molar-refractivity contribution in [1.82, 2.24) is 4.90 Å². The smallest absolute Gasteiger partial charge is 0.335 e. The predicted octanol–water partition coefficient (Wildman–Crippen LogP) is 1.19. The molecule has 0 fully saturated rings. The first-order valence-electron chi connectivity index (χ1n) is 11.6. The van der Waals surface area contributed by atoms with E-state index in [0.717, 1.165) is 11.0 Å². The summed E-state index contributed by atoms with van der Waals surface area (Å²) in [5.41, 5.74) is 5.74. The summed E-state index contributed by atoms with van der Waals surface area (Å²) in [6.45, 7) is 0. The van der Waals surface area contributed by atoms with Crippen molar-refractivity contribution >= 4 is 52.9 Å². The van der Waals surface area contributed by atoms with E-state index in [1.165, 1.54) is 36.4 Å². The van der Waals surface area contributed by atoms with Crippen LogP contribution >= 0.6 is 0 Å². The molecule has 0 radical (unpaired) electrons. The summed E-state index contributed by atoms with van der Waals surface area (Å²) in [6, 6.07) is 4.36. The largest absolute Gasteiger partial charge is 0.481 e. The molecule has 0 aromatic heterocycles. The number of nitrogens with two attached hydrogens (primary N) is 1. The van der Waals surface area contributed by atoms with Gasteiger partial charge in [0.15, 0.2) is 0 Å². The summed E-state index contributed by atoms with van der Waals surface area (Å²) in [4.78, 5) is 89.6. The van der Waals surface area contributed by atoms with Crippen LogP contribution in [0.1, 0.15) is 66.9 Å². The van der Waals surface area contributed by atoms with Gasteiger partial charge in [0.2, 0.25) is 11.8 Å². The van der Waals surface area contributed by atoms with Crippen molar-refractivity contribution in [2.24, 2.45) is 0 Å². The highest BCUT2D eigenvalue weighted by molar-refractivity contribution is 6.29. The number of anilines is 2. The first kappa shape index (κ1) is 25.3. The summed E-state index contributed by atoms with van der Waals surface area (Å²) in [7, 11) is 0. The number of carboxylic acids is 3. The quantitative estimate of drug-likeness (QED) is 0.225. The number of amides is 4. The Hall–Kier alpha value is -5.33. The lowest BCUT2D eigenvalue weighted by Gasteiger charge is -2.41. The lowest BCUT2D eigenvalue weighted by Crippen LogP contribution is -2.54. The zero-order chi connectivity index (χ0) is 28.3. The molecule has 2 aliphatic heterocycles. The highest BCUT2D eigenvalue weighted by atomic mass is 16.4. The van der Waals surface area contributed by atoms with Gasteiger partial charge in [0, 0.05) is 17.5 Å². The van der Waals surface area contributed by atoms with Gasteiger partial charge in [-0.05, 0) is 47.9 Å². The van der Waals surface area contributed by atoms with E-state index in [0.29, 0.717) is 4.90 Å². The molecule has 13 heteroatoms. The maximum atomic E-state index is 13.6. The second kappa shape index (κ2) is 8.90. The zero-order valence-corrected chi connectivity index (χ0v) is 19.9. The summed E-state index contributed by atoms with van der Waals surface area (Å²) >= 11 is 0. The van der Waals surface area contributed by atoms with Crippen molar-refractivity contribution in [3.63, 3.8) is 0 Å². The topological polar surface area (TPSA) is 213 Å². The van der Waals surface area contributed by atoms with Crippen molar-refractivity contribution in [1.29, 1.82) is 0 Å². The Kier molecular flexibility index (Phi) is 5.78. The van der Waals surface area contributed by atoms with Crippen molar-refractivity contribution < 1.29 is 48.9 Å². The zero-order valence-electron chi connectivity index (χ0n) is 19.9.